The smallest absolute Gasteiger partial charge is 0.197 e. The van der Waals surface area contributed by atoms with Crippen LogP contribution in [-0.2, 0) is 6.42 Å². The number of halogens is 4. The lowest BCUT2D eigenvalue weighted by Gasteiger charge is -2.10. The molecule has 1 aliphatic carbocycles. The molecule has 0 saturated heterocycles. The van der Waals surface area contributed by atoms with E-state index in [4.69, 9.17) is 21.0 Å². The van der Waals surface area contributed by atoms with Gasteiger partial charge in [0.2, 0.25) is 0 Å². The first-order valence-corrected chi connectivity index (χ1v) is 12.0. The third-order valence-corrected chi connectivity index (χ3v) is 6.63. The van der Waals surface area contributed by atoms with Crippen molar-refractivity contribution in [2.24, 2.45) is 0 Å². The molecule has 0 spiro atoms. The van der Waals surface area contributed by atoms with Crippen LogP contribution in [0.25, 0.3) is 11.1 Å². The van der Waals surface area contributed by atoms with E-state index < -0.39 is 34.4 Å². The molecule has 41 heavy (non-hydrogen) atoms. The fourth-order valence-corrected chi connectivity index (χ4v) is 4.45. The second kappa shape index (κ2) is 12.5. The van der Waals surface area contributed by atoms with E-state index in [2.05, 4.69) is 48.5 Å². The van der Waals surface area contributed by atoms with Crippen LogP contribution in [0.4, 0.5) is 17.6 Å². The number of nitriles is 4. The third-order valence-electron chi connectivity index (χ3n) is 6.63. The molecule has 1 N–H and O–H groups in total. The second-order valence-corrected chi connectivity index (χ2v) is 8.92. The first kappa shape index (κ1) is 29.9. The number of aromatic hydroxyl groups is 1. The van der Waals surface area contributed by atoms with E-state index in [1.54, 1.807) is 20.8 Å². The van der Waals surface area contributed by atoms with E-state index in [9.17, 15) is 22.7 Å². The lowest BCUT2D eigenvalue weighted by molar-refractivity contribution is 0.429. The largest absolute Gasteiger partial charge is 0.507 e. The number of rotatable bonds is 0. The van der Waals surface area contributed by atoms with Gasteiger partial charge in [-0.15, -0.1) is 0 Å². The van der Waals surface area contributed by atoms with Crippen molar-refractivity contribution in [1.82, 2.24) is 0 Å². The first-order chi connectivity index (χ1) is 19.5. The van der Waals surface area contributed by atoms with E-state index in [0.717, 1.165) is 18.6 Å². The van der Waals surface area contributed by atoms with Gasteiger partial charge < -0.3 is 5.11 Å². The summed E-state index contributed by atoms with van der Waals surface area (Å²) in [5.41, 5.74) is 5.66. The molecule has 0 heterocycles. The lowest BCUT2D eigenvalue weighted by atomic mass is 9.93. The van der Waals surface area contributed by atoms with Gasteiger partial charge >= 0.3 is 0 Å². The van der Waals surface area contributed by atoms with Gasteiger partial charge in [0.1, 0.15) is 29.0 Å². The van der Waals surface area contributed by atoms with Crippen molar-refractivity contribution < 1.29 is 22.7 Å². The molecule has 4 aromatic rings. The summed E-state index contributed by atoms with van der Waals surface area (Å²) in [7, 11) is 0. The molecule has 0 aliphatic heterocycles. The highest BCUT2D eigenvalue weighted by atomic mass is 19.2. The Kier molecular flexibility index (Phi) is 9.10. The Morgan fingerprint density at radius 1 is 0.537 bits per heavy atom. The summed E-state index contributed by atoms with van der Waals surface area (Å²) >= 11 is 0. The summed E-state index contributed by atoms with van der Waals surface area (Å²) in [6.45, 7) is 5.07. The van der Waals surface area contributed by atoms with Crippen molar-refractivity contribution in [2.75, 3.05) is 0 Å². The predicted octanol–water partition coefficient (Wildman–Crippen LogP) is 7.30. The molecule has 0 fully saturated rings. The molecular weight excluding hydrogens is 532 g/mol. The van der Waals surface area contributed by atoms with Crippen LogP contribution in [0, 0.1) is 89.4 Å². The topological polar surface area (TPSA) is 115 Å². The van der Waals surface area contributed by atoms with Gasteiger partial charge in [-0.3, -0.25) is 0 Å². The summed E-state index contributed by atoms with van der Waals surface area (Å²) in [6.07, 6.45) is 1.10. The van der Waals surface area contributed by atoms with Crippen LogP contribution < -0.4 is 0 Å². The molecule has 0 bridgehead atoms. The highest BCUT2D eigenvalue weighted by molar-refractivity contribution is 5.76. The summed E-state index contributed by atoms with van der Waals surface area (Å²) in [4.78, 5) is 0. The van der Waals surface area contributed by atoms with Crippen molar-refractivity contribution >= 4 is 0 Å². The Morgan fingerprint density at radius 3 is 1.27 bits per heavy atom. The molecular formula is C32H20F4N4O. The Labute approximate surface area is 234 Å². The van der Waals surface area contributed by atoms with E-state index in [0.29, 0.717) is 27.8 Å². The van der Waals surface area contributed by atoms with Gasteiger partial charge in [-0.25, -0.2) is 17.6 Å². The Bertz CT molecular complexity index is 1640. The standard InChI is InChI=1S/C13H10.C11H10N2O.C8F4N2/c1-3-7-12-10(5-1)9-11-6-2-4-8-13(11)12;1-6-9(4-12)7(2)11(14)8(3)10(6)5-13;9-5-3(1-13)6(10)8(12)7(11)4(5)2-14/h1-8H,9H2;14H,1-3H3;. The average Bonchev–Trinajstić information content (AvgIpc) is 3.36. The summed E-state index contributed by atoms with van der Waals surface area (Å²) in [6, 6.07) is 23.3. The zero-order valence-electron chi connectivity index (χ0n) is 22.1. The fraction of sp³-hybridized carbons (Fsp3) is 0.125. The van der Waals surface area contributed by atoms with Crippen LogP contribution in [0.5, 0.6) is 5.75 Å². The average molecular weight is 553 g/mol. The maximum absolute atomic E-state index is 12.9. The summed E-state index contributed by atoms with van der Waals surface area (Å²) < 4.78 is 50.8. The minimum Gasteiger partial charge on any atom is -0.507 e. The predicted molar refractivity (Wildman–Crippen MR) is 142 cm³/mol. The van der Waals surface area contributed by atoms with E-state index >= 15 is 0 Å². The highest BCUT2D eigenvalue weighted by Gasteiger charge is 2.25. The molecule has 0 unspecified atom stereocenters. The number of hydrogen-bond donors (Lipinski definition) is 1. The lowest BCUT2D eigenvalue weighted by Crippen LogP contribution is -2.04. The molecule has 0 saturated carbocycles. The quantitative estimate of drug-likeness (QED) is 0.123. The molecule has 9 heteroatoms. The number of fused-ring (bicyclic) bond motifs is 3. The zero-order chi connectivity index (χ0) is 30.4. The van der Waals surface area contributed by atoms with Crippen molar-refractivity contribution in [3.63, 3.8) is 0 Å². The number of phenols is 1. The first-order valence-electron chi connectivity index (χ1n) is 12.0. The van der Waals surface area contributed by atoms with Gasteiger partial charge in [0.05, 0.1) is 23.3 Å². The van der Waals surface area contributed by atoms with Crippen molar-refractivity contribution in [3.05, 3.63) is 122 Å². The fourth-order valence-electron chi connectivity index (χ4n) is 4.45. The molecule has 0 radical (unpaired) electrons. The highest BCUT2D eigenvalue weighted by Crippen LogP contribution is 2.35. The van der Waals surface area contributed by atoms with Crippen LogP contribution in [-0.4, -0.2) is 5.11 Å². The van der Waals surface area contributed by atoms with Crippen LogP contribution in [0.2, 0.25) is 0 Å². The van der Waals surface area contributed by atoms with Crippen molar-refractivity contribution in [3.8, 4) is 41.2 Å². The normalized spacial score (nSPS) is 10.2. The van der Waals surface area contributed by atoms with E-state index in [1.165, 1.54) is 22.3 Å². The van der Waals surface area contributed by atoms with Gasteiger partial charge in [0.15, 0.2) is 23.3 Å². The Balaban J connectivity index is 0.000000169. The number of nitrogens with zero attached hydrogens (tertiary/aromatic N) is 4. The maximum Gasteiger partial charge on any atom is 0.197 e. The van der Waals surface area contributed by atoms with Crippen LogP contribution >= 0.6 is 0 Å². The number of hydrogen-bond acceptors (Lipinski definition) is 5. The third kappa shape index (κ3) is 5.57. The molecule has 0 aromatic heterocycles. The van der Waals surface area contributed by atoms with Gasteiger partial charge in [-0.05, 0) is 55.0 Å². The van der Waals surface area contributed by atoms with Crippen LogP contribution in [0.3, 0.4) is 0 Å². The SMILES string of the molecule is Cc1c(O)c(C)c(C#N)c(C)c1C#N.N#Cc1c(F)c(F)c(F)c(C#N)c1F.c1ccc2c(c1)Cc1ccccc1-2. The van der Waals surface area contributed by atoms with Crippen LogP contribution in [0.1, 0.15) is 50.1 Å². The van der Waals surface area contributed by atoms with Gasteiger partial charge in [0.25, 0.3) is 0 Å². The Hall–Kier alpha value is -5.64. The maximum atomic E-state index is 12.9. The van der Waals surface area contributed by atoms with Gasteiger partial charge in [0, 0.05) is 11.1 Å². The molecule has 0 amide bonds. The number of benzene rings is 4. The minimum absolute atomic E-state index is 0.0451. The van der Waals surface area contributed by atoms with E-state index in [1.807, 2.05) is 12.1 Å². The molecule has 5 rings (SSSR count). The van der Waals surface area contributed by atoms with Gasteiger partial charge in [-0.2, -0.15) is 21.0 Å². The molecule has 1 aliphatic rings. The van der Waals surface area contributed by atoms with Gasteiger partial charge in [-0.1, -0.05) is 48.5 Å². The minimum atomic E-state index is -2.03. The molecule has 0 atom stereocenters. The van der Waals surface area contributed by atoms with E-state index in [-0.39, 0.29) is 5.75 Å². The monoisotopic (exact) mass is 552 g/mol. The Morgan fingerprint density at radius 2 is 0.902 bits per heavy atom. The second-order valence-electron chi connectivity index (χ2n) is 8.92. The number of phenolic OH excluding ortho intramolecular Hbond substituents is 1. The van der Waals surface area contributed by atoms with Crippen LogP contribution in [0.15, 0.2) is 48.5 Å². The zero-order valence-corrected chi connectivity index (χ0v) is 22.1. The van der Waals surface area contributed by atoms with Crippen molar-refractivity contribution in [2.45, 2.75) is 27.2 Å². The molecule has 4 aromatic carbocycles. The summed E-state index contributed by atoms with van der Waals surface area (Å²) in [5.74, 6) is -7.53. The summed E-state index contributed by atoms with van der Waals surface area (Å²) in [5, 5.41) is 43.8. The van der Waals surface area contributed by atoms with Crippen molar-refractivity contribution in [1.29, 1.82) is 21.0 Å². The molecule has 5 nitrogen and oxygen atoms in total. The molecule has 202 valence electrons.